The third-order valence-electron chi connectivity index (χ3n) is 3.10. The van der Waals surface area contributed by atoms with Gasteiger partial charge in [-0.15, -0.1) is 0 Å². The van der Waals surface area contributed by atoms with Crippen molar-refractivity contribution in [3.8, 4) is 0 Å². The second-order valence-corrected chi connectivity index (χ2v) is 7.67. The molecule has 1 saturated heterocycles. The molecule has 0 amide bonds. The molecule has 106 valence electrons. The van der Waals surface area contributed by atoms with Gasteiger partial charge in [0, 0.05) is 11.9 Å². The van der Waals surface area contributed by atoms with Gasteiger partial charge < -0.3 is 9.67 Å². The number of thioether (sulfide) groups is 1. The molecule has 1 aliphatic heterocycles. The van der Waals surface area contributed by atoms with E-state index < -0.39 is 15.8 Å². The molecule has 1 aromatic heterocycles. The number of sulfone groups is 1. The number of carboxylic acids is 1. The van der Waals surface area contributed by atoms with Crippen LogP contribution in [0.5, 0.6) is 0 Å². The van der Waals surface area contributed by atoms with E-state index >= 15 is 0 Å². The van der Waals surface area contributed by atoms with Crippen molar-refractivity contribution in [1.29, 1.82) is 0 Å². The van der Waals surface area contributed by atoms with Crippen LogP contribution in [0.3, 0.4) is 0 Å². The third-order valence-corrected chi connectivity index (χ3v) is 5.80. The minimum Gasteiger partial charge on any atom is -0.481 e. The summed E-state index contributed by atoms with van der Waals surface area (Å²) in [6, 6.07) is -0.112. The normalized spacial score (nSPS) is 21.6. The average molecular weight is 304 g/mol. The fraction of sp³-hybridized carbons (Fsp3) is 0.636. The van der Waals surface area contributed by atoms with Crippen LogP contribution in [0.4, 0.5) is 0 Å². The molecule has 0 aromatic carbocycles. The largest absolute Gasteiger partial charge is 0.481 e. The van der Waals surface area contributed by atoms with Crippen LogP contribution in [0.25, 0.3) is 0 Å². The first-order valence-electron chi connectivity index (χ1n) is 6.04. The summed E-state index contributed by atoms with van der Waals surface area (Å²) in [5.41, 5.74) is 0.954. The van der Waals surface area contributed by atoms with Crippen molar-refractivity contribution in [3.63, 3.8) is 0 Å². The van der Waals surface area contributed by atoms with E-state index in [0.717, 1.165) is 23.9 Å². The van der Waals surface area contributed by atoms with Gasteiger partial charge in [0.2, 0.25) is 0 Å². The van der Waals surface area contributed by atoms with E-state index in [-0.39, 0.29) is 23.3 Å². The lowest BCUT2D eigenvalue weighted by Gasteiger charge is -2.16. The van der Waals surface area contributed by atoms with Crippen molar-refractivity contribution >= 4 is 27.6 Å². The van der Waals surface area contributed by atoms with E-state index in [2.05, 4.69) is 4.98 Å². The maximum atomic E-state index is 11.6. The number of aromatic nitrogens is 2. The minimum absolute atomic E-state index is 0.0698. The molecule has 19 heavy (non-hydrogen) atoms. The molecule has 0 aliphatic carbocycles. The summed E-state index contributed by atoms with van der Waals surface area (Å²) in [5.74, 6) is -0.657. The molecule has 1 fully saturated rings. The van der Waals surface area contributed by atoms with E-state index in [1.165, 1.54) is 0 Å². The van der Waals surface area contributed by atoms with Gasteiger partial charge in [0.05, 0.1) is 23.3 Å². The van der Waals surface area contributed by atoms with Crippen molar-refractivity contribution in [2.75, 3.05) is 17.3 Å². The molecule has 2 heterocycles. The minimum atomic E-state index is -2.97. The quantitative estimate of drug-likeness (QED) is 0.816. The number of hydrogen-bond donors (Lipinski definition) is 1. The van der Waals surface area contributed by atoms with E-state index in [1.807, 2.05) is 11.5 Å². The Morgan fingerprint density at radius 1 is 1.63 bits per heavy atom. The first kappa shape index (κ1) is 14.4. The van der Waals surface area contributed by atoms with Crippen molar-refractivity contribution < 1.29 is 18.3 Å². The predicted molar refractivity (Wildman–Crippen MR) is 72.3 cm³/mol. The lowest BCUT2D eigenvalue weighted by Crippen LogP contribution is -2.15. The highest BCUT2D eigenvalue weighted by Crippen LogP contribution is 2.30. The molecule has 1 unspecified atom stereocenters. The van der Waals surface area contributed by atoms with Gasteiger partial charge in [-0.1, -0.05) is 18.7 Å². The van der Waals surface area contributed by atoms with Crippen LogP contribution in [0, 0.1) is 0 Å². The zero-order valence-electron chi connectivity index (χ0n) is 10.6. The summed E-state index contributed by atoms with van der Waals surface area (Å²) >= 11 is 1.14. The van der Waals surface area contributed by atoms with Gasteiger partial charge in [0.25, 0.3) is 0 Å². The fourth-order valence-electron chi connectivity index (χ4n) is 2.24. The van der Waals surface area contributed by atoms with Crippen LogP contribution < -0.4 is 0 Å². The highest BCUT2D eigenvalue weighted by atomic mass is 32.2. The smallest absolute Gasteiger partial charge is 0.313 e. The Labute approximate surface area is 116 Å². The number of rotatable bonds is 5. The molecule has 1 atom stereocenters. The second-order valence-electron chi connectivity index (χ2n) is 4.49. The Bertz CT molecular complexity index is 580. The number of nitrogens with zero attached hydrogens (tertiary/aromatic N) is 2. The zero-order chi connectivity index (χ0) is 14.0. The van der Waals surface area contributed by atoms with Gasteiger partial charge >= 0.3 is 5.97 Å². The summed E-state index contributed by atoms with van der Waals surface area (Å²) < 4.78 is 25.1. The third kappa shape index (κ3) is 3.30. The van der Waals surface area contributed by atoms with Crippen LogP contribution in [0.2, 0.25) is 0 Å². The molecule has 1 aromatic rings. The van der Waals surface area contributed by atoms with E-state index in [0.29, 0.717) is 11.6 Å². The molecular formula is C11H16N2O4S2. The maximum absolute atomic E-state index is 11.6. The standard InChI is InChI=1S/C11H16N2O4S2/c1-2-8-5-12-11(18-6-10(14)15)13(8)9-3-4-19(16,17)7-9/h5,9H,2-4,6-7H2,1H3,(H,14,15). The molecule has 2 rings (SSSR count). The summed E-state index contributed by atoms with van der Waals surface area (Å²) in [6.07, 6.45) is 3.03. The molecule has 8 heteroatoms. The summed E-state index contributed by atoms with van der Waals surface area (Å²) in [7, 11) is -2.97. The van der Waals surface area contributed by atoms with Crippen LogP contribution >= 0.6 is 11.8 Å². The number of aryl methyl sites for hydroxylation is 1. The fourth-order valence-corrected chi connectivity index (χ4v) is 4.73. The first-order chi connectivity index (χ1) is 8.93. The number of carbonyl (C=O) groups is 1. The molecule has 0 radical (unpaired) electrons. The lowest BCUT2D eigenvalue weighted by molar-refractivity contribution is -0.133. The van der Waals surface area contributed by atoms with Gasteiger partial charge in [-0.2, -0.15) is 0 Å². The van der Waals surface area contributed by atoms with Gasteiger partial charge in [-0.05, 0) is 12.8 Å². The number of aliphatic carboxylic acids is 1. The molecule has 0 spiro atoms. The average Bonchev–Trinajstić information content (AvgIpc) is 2.88. The second kappa shape index (κ2) is 5.54. The number of imidazole rings is 1. The van der Waals surface area contributed by atoms with Gasteiger partial charge in [-0.25, -0.2) is 13.4 Å². The Kier molecular flexibility index (Phi) is 4.19. The predicted octanol–water partition coefficient (Wildman–Crippen LogP) is 0.982. The summed E-state index contributed by atoms with van der Waals surface area (Å²) in [6.45, 7) is 1.97. The zero-order valence-corrected chi connectivity index (χ0v) is 12.2. The van der Waals surface area contributed by atoms with Gasteiger partial charge in [0.1, 0.15) is 0 Å². The Morgan fingerprint density at radius 3 is 2.89 bits per heavy atom. The van der Waals surface area contributed by atoms with Crippen molar-refractivity contribution in [2.24, 2.45) is 0 Å². The Balaban J connectivity index is 2.26. The lowest BCUT2D eigenvalue weighted by atomic mass is 10.2. The molecular weight excluding hydrogens is 288 g/mol. The van der Waals surface area contributed by atoms with Gasteiger partial charge in [-0.3, -0.25) is 4.79 Å². The van der Waals surface area contributed by atoms with Crippen molar-refractivity contribution in [3.05, 3.63) is 11.9 Å². The molecule has 6 nitrogen and oxygen atoms in total. The van der Waals surface area contributed by atoms with Crippen LogP contribution in [0.15, 0.2) is 11.4 Å². The van der Waals surface area contributed by atoms with Crippen LogP contribution in [-0.2, 0) is 21.1 Å². The maximum Gasteiger partial charge on any atom is 0.313 e. The molecule has 1 aliphatic rings. The van der Waals surface area contributed by atoms with Crippen LogP contribution in [0.1, 0.15) is 25.1 Å². The number of hydrogen-bond acceptors (Lipinski definition) is 5. The van der Waals surface area contributed by atoms with E-state index in [1.54, 1.807) is 6.20 Å². The molecule has 0 saturated carbocycles. The Hall–Kier alpha value is -1.02. The monoisotopic (exact) mass is 304 g/mol. The van der Waals surface area contributed by atoms with Crippen molar-refractivity contribution in [1.82, 2.24) is 9.55 Å². The SMILES string of the molecule is CCc1cnc(SCC(=O)O)n1C1CCS(=O)(=O)C1. The summed E-state index contributed by atoms with van der Waals surface area (Å²) in [5, 5.41) is 9.32. The highest BCUT2D eigenvalue weighted by molar-refractivity contribution is 7.99. The Morgan fingerprint density at radius 2 is 2.37 bits per heavy atom. The summed E-state index contributed by atoms with van der Waals surface area (Å²) in [4.78, 5) is 14.8. The number of carboxylic acid groups (broad SMARTS) is 1. The van der Waals surface area contributed by atoms with E-state index in [4.69, 9.17) is 5.11 Å². The molecule has 1 N–H and O–H groups in total. The van der Waals surface area contributed by atoms with Gasteiger partial charge in [0.15, 0.2) is 15.0 Å². The van der Waals surface area contributed by atoms with Crippen LogP contribution in [-0.4, -0.2) is 46.3 Å². The highest BCUT2D eigenvalue weighted by Gasteiger charge is 2.31. The topological polar surface area (TPSA) is 89.3 Å². The first-order valence-corrected chi connectivity index (χ1v) is 8.84. The van der Waals surface area contributed by atoms with Crippen molar-refractivity contribution in [2.45, 2.75) is 31.0 Å². The molecule has 0 bridgehead atoms. The van der Waals surface area contributed by atoms with E-state index in [9.17, 15) is 13.2 Å².